The van der Waals surface area contributed by atoms with Gasteiger partial charge in [0.25, 0.3) is 11.9 Å². The van der Waals surface area contributed by atoms with E-state index in [4.69, 9.17) is 4.74 Å². The first-order valence-electron chi connectivity index (χ1n) is 10.0. The summed E-state index contributed by atoms with van der Waals surface area (Å²) in [7, 11) is 3.10. The first-order valence-corrected chi connectivity index (χ1v) is 10.0. The van der Waals surface area contributed by atoms with E-state index in [1.165, 1.54) is 22.6 Å². The Bertz CT molecular complexity index is 1310. The van der Waals surface area contributed by atoms with Gasteiger partial charge in [-0.1, -0.05) is 11.3 Å². The number of fused-ring (bicyclic) bond motifs is 1. The summed E-state index contributed by atoms with van der Waals surface area (Å²) in [4.78, 5) is 29.6. The van der Waals surface area contributed by atoms with Gasteiger partial charge >= 0.3 is 0 Å². The van der Waals surface area contributed by atoms with E-state index in [-0.39, 0.29) is 5.95 Å². The minimum absolute atomic E-state index is 0.180. The zero-order valence-corrected chi connectivity index (χ0v) is 17.6. The van der Waals surface area contributed by atoms with Crippen molar-refractivity contribution < 1.29 is 19.7 Å². The summed E-state index contributed by atoms with van der Waals surface area (Å²) in [6, 6.07) is 5.45. The van der Waals surface area contributed by atoms with Crippen molar-refractivity contribution in [3.05, 3.63) is 36.9 Å². The molecule has 1 amide bonds. The van der Waals surface area contributed by atoms with Crippen molar-refractivity contribution in [1.29, 1.82) is 0 Å². The third-order valence-electron chi connectivity index (χ3n) is 5.29. The number of aliphatic hydroxyl groups is 2. The number of amides is 1. The average molecular weight is 452 g/mol. The van der Waals surface area contributed by atoms with Crippen LogP contribution in [0.3, 0.4) is 0 Å². The summed E-state index contributed by atoms with van der Waals surface area (Å²) >= 11 is 0. The zero-order chi connectivity index (χ0) is 23.1. The first kappa shape index (κ1) is 20.9. The van der Waals surface area contributed by atoms with Crippen LogP contribution in [0.2, 0.25) is 0 Å². The fourth-order valence-corrected chi connectivity index (χ4v) is 3.61. The second-order valence-electron chi connectivity index (χ2n) is 7.25. The number of aliphatic hydroxyl groups excluding tert-OH is 2. The van der Waals surface area contributed by atoms with Crippen LogP contribution in [0.1, 0.15) is 6.23 Å². The number of imidazole rings is 1. The first-order chi connectivity index (χ1) is 16.0. The summed E-state index contributed by atoms with van der Waals surface area (Å²) < 4.78 is 8.48. The van der Waals surface area contributed by atoms with Crippen LogP contribution < -0.4 is 10.6 Å². The summed E-state index contributed by atoms with van der Waals surface area (Å²) in [5.74, 6) is 0.0306. The molecule has 1 fully saturated rings. The van der Waals surface area contributed by atoms with Crippen LogP contribution in [0.25, 0.3) is 28.5 Å². The molecule has 0 saturated carbocycles. The Morgan fingerprint density at radius 3 is 2.70 bits per heavy atom. The molecule has 1 aliphatic rings. The maximum absolute atomic E-state index is 12.0. The van der Waals surface area contributed by atoms with Gasteiger partial charge in [0, 0.05) is 20.3 Å². The maximum atomic E-state index is 12.0. The molecular weight excluding hydrogens is 432 g/mol. The highest BCUT2D eigenvalue weighted by molar-refractivity contribution is 5.84. The normalized spacial score (nSPS) is 22.5. The van der Waals surface area contributed by atoms with Gasteiger partial charge in [-0.3, -0.25) is 14.3 Å². The molecule has 170 valence electrons. The SMILES string of the molecule is CNC(=O)[C@H]1OC(n2cnc3c(NC)nc(-n4cc(-c5ccccn5)nn4)nc32)[C@H](O)[C@@H]1O. The minimum atomic E-state index is -1.42. The Kier molecular flexibility index (Phi) is 5.16. The van der Waals surface area contributed by atoms with Crippen LogP contribution in [0.15, 0.2) is 36.9 Å². The summed E-state index contributed by atoms with van der Waals surface area (Å²) in [6.07, 6.45) is -0.458. The number of aromatic nitrogens is 8. The molecule has 14 heteroatoms. The molecule has 0 aliphatic carbocycles. The van der Waals surface area contributed by atoms with Gasteiger partial charge in [-0.2, -0.15) is 14.6 Å². The van der Waals surface area contributed by atoms with E-state index in [1.807, 2.05) is 6.07 Å². The zero-order valence-electron chi connectivity index (χ0n) is 17.6. The fourth-order valence-electron chi connectivity index (χ4n) is 3.61. The molecule has 5 heterocycles. The van der Waals surface area contributed by atoms with E-state index < -0.39 is 30.4 Å². The molecule has 4 aromatic rings. The molecule has 1 saturated heterocycles. The molecule has 0 radical (unpaired) electrons. The van der Waals surface area contributed by atoms with Crippen LogP contribution >= 0.6 is 0 Å². The number of hydrogen-bond acceptors (Lipinski definition) is 11. The van der Waals surface area contributed by atoms with Gasteiger partial charge in [-0.25, -0.2) is 4.98 Å². The van der Waals surface area contributed by atoms with Crippen molar-refractivity contribution in [2.24, 2.45) is 0 Å². The predicted molar refractivity (Wildman–Crippen MR) is 113 cm³/mol. The van der Waals surface area contributed by atoms with Crippen molar-refractivity contribution in [2.45, 2.75) is 24.5 Å². The third-order valence-corrected chi connectivity index (χ3v) is 5.29. The minimum Gasteiger partial charge on any atom is -0.387 e. The number of hydrogen-bond donors (Lipinski definition) is 4. The molecule has 5 rings (SSSR count). The summed E-state index contributed by atoms with van der Waals surface area (Å²) in [5, 5.41) is 34.5. The van der Waals surface area contributed by atoms with Crippen LogP contribution in [-0.2, 0) is 9.53 Å². The molecule has 4 atom stereocenters. The van der Waals surface area contributed by atoms with Gasteiger partial charge in [0.15, 0.2) is 29.3 Å². The molecule has 14 nitrogen and oxygen atoms in total. The number of pyridine rings is 1. The molecule has 1 unspecified atom stereocenters. The molecule has 0 spiro atoms. The average Bonchev–Trinajstić information content (AvgIpc) is 3.57. The Labute approximate surface area is 186 Å². The summed E-state index contributed by atoms with van der Waals surface area (Å²) in [6.45, 7) is 0. The van der Waals surface area contributed by atoms with E-state index in [0.717, 1.165) is 0 Å². The lowest BCUT2D eigenvalue weighted by Crippen LogP contribution is -2.41. The van der Waals surface area contributed by atoms with E-state index in [2.05, 4.69) is 40.9 Å². The largest absolute Gasteiger partial charge is 0.387 e. The highest BCUT2D eigenvalue weighted by atomic mass is 16.6. The number of nitrogens with zero attached hydrogens (tertiary/aromatic N) is 8. The van der Waals surface area contributed by atoms with Gasteiger partial charge in [-0.15, -0.1) is 5.10 Å². The lowest BCUT2D eigenvalue weighted by Gasteiger charge is -2.16. The monoisotopic (exact) mass is 452 g/mol. The molecule has 33 heavy (non-hydrogen) atoms. The van der Waals surface area contributed by atoms with Crippen LogP contribution in [0, 0.1) is 0 Å². The second-order valence-corrected chi connectivity index (χ2v) is 7.25. The van der Waals surface area contributed by atoms with Crippen molar-refractivity contribution in [2.75, 3.05) is 19.4 Å². The van der Waals surface area contributed by atoms with Crippen LogP contribution in [-0.4, -0.2) is 88.0 Å². The van der Waals surface area contributed by atoms with E-state index in [0.29, 0.717) is 28.4 Å². The van der Waals surface area contributed by atoms with Crippen LogP contribution in [0.5, 0.6) is 0 Å². The Morgan fingerprint density at radius 1 is 1.12 bits per heavy atom. The van der Waals surface area contributed by atoms with Crippen molar-refractivity contribution in [3.8, 4) is 17.3 Å². The molecule has 0 bridgehead atoms. The van der Waals surface area contributed by atoms with Crippen molar-refractivity contribution in [3.63, 3.8) is 0 Å². The Morgan fingerprint density at radius 2 is 1.97 bits per heavy atom. The second kappa shape index (κ2) is 8.16. The molecule has 1 aliphatic heterocycles. The van der Waals surface area contributed by atoms with E-state index in [9.17, 15) is 15.0 Å². The van der Waals surface area contributed by atoms with Gasteiger partial charge in [0.05, 0.1) is 18.2 Å². The highest BCUT2D eigenvalue weighted by Crippen LogP contribution is 2.32. The van der Waals surface area contributed by atoms with Crippen molar-refractivity contribution in [1.82, 2.24) is 44.8 Å². The van der Waals surface area contributed by atoms with Gasteiger partial charge in [0.2, 0.25) is 0 Å². The van der Waals surface area contributed by atoms with Crippen molar-refractivity contribution >= 4 is 22.9 Å². The summed E-state index contributed by atoms with van der Waals surface area (Å²) in [5.41, 5.74) is 1.87. The number of carbonyl (C=O) groups excluding carboxylic acids is 1. The standard InChI is InChI=1S/C19H20N10O4/c1-20-15-11-16(28(8-23-11)18-13(31)12(30)14(33-18)17(32)21-2)25-19(24-15)29-7-10(26-27-29)9-5-3-4-6-22-9/h3-8,12-14,18,30-31H,1-2H3,(H,21,32)(H,20,24,25)/t12-,13+,14-,18?/m0/s1. The lowest BCUT2D eigenvalue weighted by atomic mass is 10.1. The molecule has 4 N–H and O–H groups in total. The van der Waals surface area contributed by atoms with Gasteiger partial charge in [-0.05, 0) is 12.1 Å². The third kappa shape index (κ3) is 3.45. The highest BCUT2D eigenvalue weighted by Gasteiger charge is 2.47. The van der Waals surface area contributed by atoms with E-state index in [1.54, 1.807) is 31.6 Å². The van der Waals surface area contributed by atoms with Crippen LogP contribution in [0.4, 0.5) is 5.82 Å². The lowest BCUT2D eigenvalue weighted by molar-refractivity contribution is -0.137. The number of nitrogens with one attached hydrogen (secondary N) is 2. The van der Waals surface area contributed by atoms with E-state index >= 15 is 0 Å². The van der Waals surface area contributed by atoms with Gasteiger partial charge in [0.1, 0.15) is 17.9 Å². The number of carbonyl (C=O) groups is 1. The maximum Gasteiger partial charge on any atom is 0.256 e. The number of rotatable bonds is 5. The van der Waals surface area contributed by atoms with Gasteiger partial charge < -0.3 is 25.6 Å². The Hall–Kier alpha value is -4.01. The molecule has 0 aromatic carbocycles. The number of ether oxygens (including phenoxy) is 1. The number of anilines is 1. The molecule has 4 aromatic heterocycles. The number of likely N-dealkylation sites (N-methyl/N-ethyl adjacent to an activating group) is 1. The smallest absolute Gasteiger partial charge is 0.256 e. The topological polar surface area (TPSA) is 178 Å². The Balaban J connectivity index is 1.57. The predicted octanol–water partition coefficient (Wildman–Crippen LogP) is -1.12. The fraction of sp³-hybridized carbons (Fsp3) is 0.316. The quantitative estimate of drug-likeness (QED) is 0.288. The molecular formula is C19H20N10O4.